The van der Waals surface area contributed by atoms with E-state index in [1.165, 1.54) is 63.7 Å². The van der Waals surface area contributed by atoms with Crippen molar-refractivity contribution in [3.05, 3.63) is 82.9 Å². The highest BCUT2D eigenvalue weighted by atomic mass is 35.5. The van der Waals surface area contributed by atoms with Gasteiger partial charge in [-0.3, -0.25) is 9.10 Å². The lowest BCUT2D eigenvalue weighted by atomic mass is 10.1. The van der Waals surface area contributed by atoms with Crippen LogP contribution in [0, 0.1) is 0 Å². The van der Waals surface area contributed by atoms with Gasteiger partial charge in [0.15, 0.2) is 0 Å². The van der Waals surface area contributed by atoms with E-state index in [4.69, 9.17) is 16.3 Å². The number of nitrogens with zero attached hydrogens (tertiary/aromatic N) is 1. The van der Waals surface area contributed by atoms with E-state index in [1.54, 1.807) is 24.3 Å². The van der Waals surface area contributed by atoms with E-state index in [0.29, 0.717) is 11.4 Å². The second-order valence-corrected chi connectivity index (χ2v) is 9.19. The van der Waals surface area contributed by atoms with Gasteiger partial charge in [-0.1, -0.05) is 23.7 Å². The van der Waals surface area contributed by atoms with Crippen LogP contribution in [0.25, 0.3) is 0 Å². The van der Waals surface area contributed by atoms with Crippen molar-refractivity contribution < 1.29 is 27.5 Å². The zero-order valence-electron chi connectivity index (χ0n) is 18.0. The number of carbonyl (C=O) groups is 2. The second kappa shape index (κ2) is 9.93. The monoisotopic (exact) mass is 488 g/mol. The first-order chi connectivity index (χ1) is 15.7. The van der Waals surface area contributed by atoms with Gasteiger partial charge in [-0.15, -0.1) is 0 Å². The molecule has 33 heavy (non-hydrogen) atoms. The number of carbonyl (C=O) groups excluding carboxylic acids is 2. The van der Waals surface area contributed by atoms with Gasteiger partial charge in [0.25, 0.3) is 15.9 Å². The summed E-state index contributed by atoms with van der Waals surface area (Å²) in [4.78, 5) is 24.4. The van der Waals surface area contributed by atoms with Gasteiger partial charge in [0, 0.05) is 12.6 Å². The summed E-state index contributed by atoms with van der Waals surface area (Å²) in [5.41, 5.74) is 1.02. The van der Waals surface area contributed by atoms with Gasteiger partial charge in [-0.05, 0) is 54.6 Å². The van der Waals surface area contributed by atoms with Crippen LogP contribution >= 0.6 is 11.6 Å². The molecule has 0 heterocycles. The van der Waals surface area contributed by atoms with Gasteiger partial charge in [0.1, 0.15) is 5.75 Å². The van der Waals surface area contributed by atoms with Gasteiger partial charge in [-0.2, -0.15) is 0 Å². The number of ether oxygens (including phenoxy) is 2. The molecule has 3 aromatic rings. The Balaban J connectivity index is 1.82. The van der Waals surface area contributed by atoms with Crippen LogP contribution in [0.15, 0.2) is 71.6 Å². The maximum atomic E-state index is 13.1. The molecule has 3 rings (SSSR count). The fourth-order valence-electron chi connectivity index (χ4n) is 3.02. The normalized spacial score (nSPS) is 10.9. The number of methoxy groups -OCH3 is 2. The van der Waals surface area contributed by atoms with E-state index in [0.717, 1.165) is 4.31 Å². The third-order valence-electron chi connectivity index (χ3n) is 4.83. The predicted molar refractivity (Wildman–Crippen MR) is 126 cm³/mol. The zero-order chi connectivity index (χ0) is 24.2. The molecule has 172 valence electrons. The molecule has 8 nitrogen and oxygen atoms in total. The topological polar surface area (TPSA) is 102 Å². The fourth-order valence-corrected chi connectivity index (χ4v) is 4.39. The number of halogens is 1. The first-order valence-corrected chi connectivity index (χ1v) is 11.4. The molecule has 0 unspecified atom stereocenters. The van der Waals surface area contributed by atoms with Gasteiger partial charge < -0.3 is 14.8 Å². The van der Waals surface area contributed by atoms with Crippen LogP contribution < -0.4 is 14.4 Å². The fraction of sp³-hybridized carbons (Fsp3) is 0.130. The molecule has 10 heteroatoms. The number of amides is 1. The Morgan fingerprint density at radius 1 is 0.939 bits per heavy atom. The van der Waals surface area contributed by atoms with Crippen LogP contribution in [-0.4, -0.2) is 41.6 Å². The summed E-state index contributed by atoms with van der Waals surface area (Å²) in [7, 11) is 0.223. The Morgan fingerprint density at radius 3 is 2.21 bits per heavy atom. The first kappa shape index (κ1) is 24.1. The molecule has 3 aromatic carbocycles. The summed E-state index contributed by atoms with van der Waals surface area (Å²) < 4.78 is 37.1. The zero-order valence-corrected chi connectivity index (χ0v) is 19.6. The predicted octanol–water partition coefficient (Wildman–Crippen LogP) is 4.21. The van der Waals surface area contributed by atoms with Crippen LogP contribution in [0.4, 0.5) is 11.4 Å². The quantitative estimate of drug-likeness (QED) is 0.500. The van der Waals surface area contributed by atoms with E-state index >= 15 is 0 Å². The van der Waals surface area contributed by atoms with Crippen molar-refractivity contribution in [3.63, 3.8) is 0 Å². The lowest BCUT2D eigenvalue weighted by molar-refractivity contribution is 0.0600. The van der Waals surface area contributed by atoms with Crippen molar-refractivity contribution >= 4 is 44.9 Å². The molecule has 0 aliphatic carbocycles. The third-order valence-corrected chi connectivity index (χ3v) is 6.95. The van der Waals surface area contributed by atoms with Crippen molar-refractivity contribution in [1.29, 1.82) is 0 Å². The summed E-state index contributed by atoms with van der Waals surface area (Å²) in [6, 6.07) is 16.5. The number of benzene rings is 3. The Kier molecular flexibility index (Phi) is 7.25. The van der Waals surface area contributed by atoms with Crippen molar-refractivity contribution in [2.45, 2.75) is 4.90 Å². The molecule has 1 N–H and O–H groups in total. The Hall–Kier alpha value is -3.56. The van der Waals surface area contributed by atoms with Crippen molar-refractivity contribution in [1.82, 2.24) is 0 Å². The molecule has 0 aromatic heterocycles. The SMILES string of the molecule is COC(=O)c1ccc(Cl)c(NC(=O)c2ccc(S(=O)(=O)N(C)c3ccccc3OC)cc2)c1. The molecule has 0 aliphatic rings. The minimum atomic E-state index is -3.90. The summed E-state index contributed by atoms with van der Waals surface area (Å²) in [6.45, 7) is 0. The third kappa shape index (κ3) is 5.10. The Morgan fingerprint density at radius 2 is 1.58 bits per heavy atom. The number of para-hydroxylation sites is 2. The molecular weight excluding hydrogens is 468 g/mol. The lowest BCUT2D eigenvalue weighted by Crippen LogP contribution is -2.27. The van der Waals surface area contributed by atoms with Crippen LogP contribution in [0.2, 0.25) is 5.02 Å². The van der Waals surface area contributed by atoms with Gasteiger partial charge in [0.05, 0.1) is 41.1 Å². The lowest BCUT2D eigenvalue weighted by Gasteiger charge is -2.21. The minimum absolute atomic E-state index is 0.00169. The van der Waals surface area contributed by atoms with E-state index < -0.39 is 21.9 Å². The van der Waals surface area contributed by atoms with Crippen molar-refractivity contribution in [3.8, 4) is 5.75 Å². The number of sulfonamides is 1. The molecule has 0 atom stereocenters. The molecule has 0 saturated carbocycles. The average molecular weight is 489 g/mol. The first-order valence-electron chi connectivity index (χ1n) is 9.60. The van der Waals surface area contributed by atoms with Gasteiger partial charge in [-0.25, -0.2) is 13.2 Å². The largest absolute Gasteiger partial charge is 0.495 e. The summed E-state index contributed by atoms with van der Waals surface area (Å²) >= 11 is 6.12. The molecule has 0 radical (unpaired) electrons. The van der Waals surface area contributed by atoms with E-state index in [-0.39, 0.29) is 26.7 Å². The molecule has 0 fully saturated rings. The van der Waals surface area contributed by atoms with Gasteiger partial charge >= 0.3 is 5.97 Å². The molecule has 0 bridgehead atoms. The summed E-state index contributed by atoms with van der Waals surface area (Å²) in [5.74, 6) is -0.692. The van der Waals surface area contributed by atoms with Crippen molar-refractivity contribution in [2.24, 2.45) is 0 Å². The number of rotatable bonds is 7. The van der Waals surface area contributed by atoms with E-state index in [2.05, 4.69) is 10.1 Å². The van der Waals surface area contributed by atoms with E-state index in [9.17, 15) is 18.0 Å². The molecular formula is C23H21ClN2O6S. The number of hydrogen-bond acceptors (Lipinski definition) is 6. The molecule has 0 spiro atoms. The highest BCUT2D eigenvalue weighted by Crippen LogP contribution is 2.31. The number of anilines is 2. The highest BCUT2D eigenvalue weighted by molar-refractivity contribution is 7.92. The van der Waals surface area contributed by atoms with Gasteiger partial charge in [0.2, 0.25) is 0 Å². The summed E-state index contributed by atoms with van der Waals surface area (Å²) in [5, 5.41) is 2.84. The van der Waals surface area contributed by atoms with Crippen LogP contribution in [0.5, 0.6) is 5.75 Å². The van der Waals surface area contributed by atoms with Crippen molar-refractivity contribution in [2.75, 3.05) is 30.9 Å². The minimum Gasteiger partial charge on any atom is -0.495 e. The smallest absolute Gasteiger partial charge is 0.337 e. The number of nitrogens with one attached hydrogen (secondary N) is 1. The molecule has 0 aliphatic heterocycles. The second-order valence-electron chi connectivity index (χ2n) is 6.81. The van der Waals surface area contributed by atoms with Crippen LogP contribution in [0.1, 0.15) is 20.7 Å². The van der Waals surface area contributed by atoms with E-state index in [1.807, 2.05) is 0 Å². The molecule has 0 saturated heterocycles. The summed E-state index contributed by atoms with van der Waals surface area (Å²) in [6.07, 6.45) is 0. The maximum Gasteiger partial charge on any atom is 0.337 e. The number of esters is 1. The maximum absolute atomic E-state index is 13.1. The highest BCUT2D eigenvalue weighted by Gasteiger charge is 2.24. The average Bonchev–Trinajstić information content (AvgIpc) is 2.84. The Labute approximate surface area is 196 Å². The molecule has 1 amide bonds. The number of hydrogen-bond donors (Lipinski definition) is 1. The standard InChI is InChI=1S/C23H21ClN2O6S/c1-26(20-6-4-5-7-21(20)31-2)33(29,30)17-11-8-15(9-12-17)22(27)25-19-14-16(23(28)32-3)10-13-18(19)24/h4-14H,1-3H3,(H,25,27). The Bertz CT molecular complexity index is 1290. The van der Waals surface area contributed by atoms with Crippen LogP contribution in [0.3, 0.4) is 0 Å². The van der Waals surface area contributed by atoms with Crippen LogP contribution in [-0.2, 0) is 14.8 Å².